The zero-order chi connectivity index (χ0) is 8.55. The molecule has 1 heterocycles. The summed E-state index contributed by atoms with van der Waals surface area (Å²) in [6.07, 6.45) is 1.68. The van der Waals surface area contributed by atoms with Crippen molar-refractivity contribution in [3.8, 4) is 5.75 Å². The van der Waals surface area contributed by atoms with Gasteiger partial charge >= 0.3 is 0 Å². The van der Waals surface area contributed by atoms with Crippen LogP contribution in [0.25, 0.3) is 11.0 Å². The molecule has 0 saturated heterocycles. The molecule has 2 rings (SSSR count). The fourth-order valence-corrected chi connectivity index (χ4v) is 1.26. The molecule has 0 aliphatic rings. The zero-order valence-corrected chi connectivity index (χ0v) is 7.00. The lowest BCUT2D eigenvalue weighted by atomic mass is 10.2. The molecule has 0 spiro atoms. The van der Waals surface area contributed by atoms with Gasteiger partial charge in [0.1, 0.15) is 0 Å². The van der Waals surface area contributed by atoms with Crippen LogP contribution in [0.1, 0.15) is 5.56 Å². The highest BCUT2D eigenvalue weighted by Crippen LogP contribution is 2.28. The Labute approximate surface area is 69.9 Å². The van der Waals surface area contributed by atoms with Gasteiger partial charge in [0, 0.05) is 5.39 Å². The third-order valence-corrected chi connectivity index (χ3v) is 1.88. The van der Waals surface area contributed by atoms with Crippen molar-refractivity contribution in [2.75, 3.05) is 7.11 Å². The van der Waals surface area contributed by atoms with Gasteiger partial charge in [-0.3, -0.25) is 0 Å². The number of hydrogen-bond acceptors (Lipinski definition) is 3. The Morgan fingerprint density at radius 1 is 1.42 bits per heavy atom. The predicted octanol–water partition coefficient (Wildman–Crippen LogP) is 2.14. The van der Waals surface area contributed by atoms with Gasteiger partial charge in [0.15, 0.2) is 5.75 Å². The number of fused-ring (bicyclic) bond motifs is 1. The van der Waals surface area contributed by atoms with E-state index in [0.29, 0.717) is 0 Å². The average molecular weight is 163 g/mol. The minimum absolute atomic E-state index is 0.720. The van der Waals surface area contributed by atoms with Gasteiger partial charge < -0.3 is 9.26 Å². The molecule has 1 aromatic heterocycles. The van der Waals surface area contributed by atoms with E-state index < -0.39 is 0 Å². The van der Waals surface area contributed by atoms with E-state index in [1.54, 1.807) is 13.3 Å². The van der Waals surface area contributed by atoms with Crippen LogP contribution in [-0.4, -0.2) is 12.3 Å². The molecule has 1 aromatic carbocycles. The Hall–Kier alpha value is -1.51. The maximum atomic E-state index is 5.18. The lowest BCUT2D eigenvalue weighted by Gasteiger charge is -2.02. The van der Waals surface area contributed by atoms with Gasteiger partial charge in [0.05, 0.1) is 13.3 Å². The van der Waals surface area contributed by atoms with E-state index in [4.69, 9.17) is 9.26 Å². The minimum atomic E-state index is 0.720. The minimum Gasteiger partial charge on any atom is -0.492 e. The summed E-state index contributed by atoms with van der Waals surface area (Å²) >= 11 is 0. The molecule has 12 heavy (non-hydrogen) atoms. The maximum absolute atomic E-state index is 5.18. The molecule has 0 saturated carbocycles. The largest absolute Gasteiger partial charge is 0.492 e. The Morgan fingerprint density at radius 2 is 2.25 bits per heavy atom. The normalized spacial score (nSPS) is 10.5. The van der Waals surface area contributed by atoms with Crippen LogP contribution in [0.3, 0.4) is 0 Å². The van der Waals surface area contributed by atoms with Crippen molar-refractivity contribution in [2.45, 2.75) is 6.92 Å². The highest BCUT2D eigenvalue weighted by atomic mass is 16.5. The molecule has 3 heteroatoms. The lowest BCUT2D eigenvalue weighted by molar-refractivity contribution is 0.390. The van der Waals surface area contributed by atoms with Crippen LogP contribution >= 0.6 is 0 Å². The van der Waals surface area contributed by atoms with Gasteiger partial charge in [-0.15, -0.1) is 0 Å². The van der Waals surface area contributed by atoms with E-state index in [-0.39, 0.29) is 0 Å². The Balaban J connectivity index is 2.83. The van der Waals surface area contributed by atoms with Crippen LogP contribution in [-0.2, 0) is 0 Å². The van der Waals surface area contributed by atoms with Crippen LogP contribution in [0.15, 0.2) is 22.9 Å². The molecule has 0 radical (unpaired) electrons. The van der Waals surface area contributed by atoms with Crippen molar-refractivity contribution in [1.82, 2.24) is 5.16 Å². The summed E-state index contributed by atoms with van der Waals surface area (Å²) in [6.45, 7) is 1.97. The van der Waals surface area contributed by atoms with E-state index >= 15 is 0 Å². The second-order valence-corrected chi connectivity index (χ2v) is 2.66. The first-order valence-electron chi connectivity index (χ1n) is 3.71. The second kappa shape index (κ2) is 2.52. The van der Waals surface area contributed by atoms with Crippen molar-refractivity contribution >= 4 is 11.0 Å². The molecule has 0 N–H and O–H groups in total. The number of benzene rings is 1. The first kappa shape index (κ1) is 7.16. The molecular formula is C9H9NO2. The van der Waals surface area contributed by atoms with Crippen LogP contribution < -0.4 is 4.74 Å². The molecular weight excluding hydrogens is 154 g/mol. The quantitative estimate of drug-likeness (QED) is 0.646. The third kappa shape index (κ3) is 0.863. The fourth-order valence-electron chi connectivity index (χ4n) is 1.26. The predicted molar refractivity (Wildman–Crippen MR) is 45.3 cm³/mol. The summed E-state index contributed by atoms with van der Waals surface area (Å²) in [5, 5.41) is 4.67. The summed E-state index contributed by atoms with van der Waals surface area (Å²) < 4.78 is 10.2. The maximum Gasteiger partial charge on any atom is 0.208 e. The van der Waals surface area contributed by atoms with Crippen LogP contribution in [0.4, 0.5) is 0 Å². The molecule has 2 aromatic rings. The van der Waals surface area contributed by atoms with Gasteiger partial charge in [0.2, 0.25) is 5.58 Å². The molecule has 0 amide bonds. The molecule has 0 aliphatic carbocycles. The smallest absolute Gasteiger partial charge is 0.208 e. The fraction of sp³-hybridized carbons (Fsp3) is 0.222. The van der Waals surface area contributed by atoms with E-state index in [2.05, 4.69) is 5.16 Å². The second-order valence-electron chi connectivity index (χ2n) is 2.66. The molecule has 3 nitrogen and oxygen atoms in total. The van der Waals surface area contributed by atoms with E-state index in [9.17, 15) is 0 Å². The molecule has 0 aliphatic heterocycles. The molecule has 0 fully saturated rings. The zero-order valence-electron chi connectivity index (χ0n) is 7.00. The number of aromatic nitrogens is 1. The molecule has 0 atom stereocenters. The van der Waals surface area contributed by atoms with Gasteiger partial charge in [-0.25, -0.2) is 0 Å². The summed E-state index contributed by atoms with van der Waals surface area (Å²) in [7, 11) is 1.63. The van der Waals surface area contributed by atoms with Crippen LogP contribution in [0, 0.1) is 6.92 Å². The van der Waals surface area contributed by atoms with Gasteiger partial charge in [0.25, 0.3) is 0 Å². The summed E-state index contributed by atoms with van der Waals surface area (Å²) in [4.78, 5) is 0. The third-order valence-electron chi connectivity index (χ3n) is 1.88. The van der Waals surface area contributed by atoms with Gasteiger partial charge in [-0.1, -0.05) is 11.2 Å². The first-order valence-corrected chi connectivity index (χ1v) is 3.71. The summed E-state index contributed by atoms with van der Waals surface area (Å²) in [5.74, 6) is 0.769. The topological polar surface area (TPSA) is 35.3 Å². The number of aryl methyl sites for hydroxylation is 1. The summed E-state index contributed by atoms with van der Waals surface area (Å²) in [6, 6.07) is 3.95. The number of nitrogens with zero attached hydrogens (tertiary/aromatic N) is 1. The van der Waals surface area contributed by atoms with E-state index in [1.807, 2.05) is 19.1 Å². The van der Waals surface area contributed by atoms with Gasteiger partial charge in [-0.2, -0.15) is 0 Å². The number of hydrogen-bond donors (Lipinski definition) is 0. The molecule has 0 bridgehead atoms. The monoisotopic (exact) mass is 163 g/mol. The van der Waals surface area contributed by atoms with Crippen LogP contribution in [0.5, 0.6) is 5.75 Å². The molecule has 0 unspecified atom stereocenters. The Morgan fingerprint density at radius 3 is 3.00 bits per heavy atom. The van der Waals surface area contributed by atoms with E-state index in [0.717, 1.165) is 22.3 Å². The number of rotatable bonds is 1. The van der Waals surface area contributed by atoms with Crippen molar-refractivity contribution in [3.05, 3.63) is 23.9 Å². The average Bonchev–Trinajstić information content (AvgIpc) is 2.52. The SMILES string of the molecule is COc1c(C)ccc2cnoc12. The van der Waals surface area contributed by atoms with Gasteiger partial charge in [-0.05, 0) is 18.6 Å². The lowest BCUT2D eigenvalue weighted by Crippen LogP contribution is -1.86. The summed E-state index contributed by atoms with van der Waals surface area (Å²) in [5.41, 5.74) is 1.78. The van der Waals surface area contributed by atoms with Crippen molar-refractivity contribution in [2.24, 2.45) is 0 Å². The number of ether oxygens (including phenoxy) is 1. The first-order chi connectivity index (χ1) is 5.83. The van der Waals surface area contributed by atoms with Crippen LogP contribution in [0.2, 0.25) is 0 Å². The highest BCUT2D eigenvalue weighted by Gasteiger charge is 2.07. The number of methoxy groups -OCH3 is 1. The van der Waals surface area contributed by atoms with Crippen molar-refractivity contribution in [3.63, 3.8) is 0 Å². The Kier molecular flexibility index (Phi) is 1.50. The molecule has 62 valence electrons. The highest BCUT2D eigenvalue weighted by molar-refractivity contribution is 5.83. The van der Waals surface area contributed by atoms with Crippen molar-refractivity contribution < 1.29 is 9.26 Å². The van der Waals surface area contributed by atoms with Crippen molar-refractivity contribution in [1.29, 1.82) is 0 Å². The Bertz CT molecular complexity index is 406. The van der Waals surface area contributed by atoms with E-state index in [1.165, 1.54) is 0 Å². The standard InChI is InChI=1S/C9H9NO2/c1-6-3-4-7-5-10-12-9(7)8(6)11-2/h3-5H,1-2H3.